The molecule has 0 fully saturated rings. The van der Waals surface area contributed by atoms with Crippen molar-refractivity contribution in [1.82, 2.24) is 4.90 Å². The first kappa shape index (κ1) is 85.7. The fraction of sp³-hybridized carbons (Fsp3) is 0.828. The van der Waals surface area contributed by atoms with Gasteiger partial charge in [-0.25, -0.2) is 0 Å². The minimum Gasteiger partial charge on any atom is -0.499 e. The van der Waals surface area contributed by atoms with Crippen LogP contribution in [-0.2, 0) is 18.7 Å². The van der Waals surface area contributed by atoms with Crippen LogP contribution in [-0.4, -0.2) is 161 Å². The van der Waals surface area contributed by atoms with Crippen molar-refractivity contribution in [1.29, 1.82) is 0 Å². The van der Waals surface area contributed by atoms with Gasteiger partial charge in [-0.05, 0) is 243 Å². The predicted octanol–water partition coefficient (Wildman–Crippen LogP) is 15.4. The zero-order chi connectivity index (χ0) is 56.8. The Bertz CT molecular complexity index is 1340. The molecule has 14 nitrogen and oxygen atoms in total. The quantitative estimate of drug-likeness (QED) is 0.0154. The number of hydrogen-bond donors (Lipinski definition) is 0. The number of aliphatic imine (C=N–C) groups is 7. The van der Waals surface area contributed by atoms with Gasteiger partial charge in [0, 0.05) is 98.9 Å². The molecule has 0 aliphatic rings. The maximum atomic E-state index is 5.64. The summed E-state index contributed by atoms with van der Waals surface area (Å²) in [6.07, 6.45) is 24.9. The van der Waals surface area contributed by atoms with E-state index in [9.17, 15) is 0 Å². The molecule has 0 N–H and O–H groups in total. The number of oxime groups is 1. The van der Waals surface area contributed by atoms with E-state index in [1.165, 1.54) is 31.9 Å². The van der Waals surface area contributed by atoms with Crippen LogP contribution in [0.4, 0.5) is 0 Å². The van der Waals surface area contributed by atoms with Crippen molar-refractivity contribution < 1.29 is 60.0 Å². The number of hydrogen-bond acceptors (Lipinski definition) is 12. The summed E-state index contributed by atoms with van der Waals surface area (Å²) in [7, 11) is 4.31. The van der Waals surface area contributed by atoms with Crippen LogP contribution in [0.15, 0.2) is 52.9 Å². The zero-order valence-electron chi connectivity index (χ0n) is 52.4. The molecule has 435 valence electrons. The summed E-state index contributed by atoms with van der Waals surface area (Å²) in [6.45, 7) is 49.7. The fourth-order valence-corrected chi connectivity index (χ4v) is 7.23. The van der Waals surface area contributed by atoms with Gasteiger partial charge in [0.15, 0.2) is 8.32 Å². The first-order valence-electron chi connectivity index (χ1n) is 27.9. The standard InChI is InChI=1S/C12H24N3O.C12H24N2O.C10H20N2O.C8H19NOSi.2C8H17N.Pr/c1-6-16-11(2)9-7-8-10-14-12(13-3)15(4)5;1-4-7-13-9-11-15-10-6-5-8-14-12(2)3;1-5-11-8-6-7-10(4)13-12-9(2)3;1-5-9-7-8-11(3,4)10-6-2;2*1-4-9-7-5-6-8(2)3;/h6,11H,1,7-10H2,2-5H3;7H,4-6,8-11H2,1-3H3;5,10H,6-8H2,1-4H3;5H,6-8H2,1-4H3;2*4,8H,5-7H2,1-3H3;/q-1;;;;;;. The molecule has 2 atom stereocenters. The van der Waals surface area contributed by atoms with Crippen molar-refractivity contribution in [2.45, 2.75) is 219 Å². The van der Waals surface area contributed by atoms with E-state index in [0.717, 1.165) is 152 Å². The molecule has 74 heavy (non-hydrogen) atoms. The van der Waals surface area contributed by atoms with Gasteiger partial charge in [0.05, 0.1) is 31.2 Å². The van der Waals surface area contributed by atoms with Gasteiger partial charge in [0.25, 0.3) is 0 Å². The summed E-state index contributed by atoms with van der Waals surface area (Å²) >= 11 is 0. The Kier molecular flexibility index (Phi) is 82.0. The molecule has 16 heteroatoms. The molecular formula is C58H121N10O4PrSi-. The van der Waals surface area contributed by atoms with Crippen molar-refractivity contribution in [2.24, 2.45) is 51.9 Å². The minimum absolute atomic E-state index is 0. The molecule has 0 saturated heterocycles. The van der Waals surface area contributed by atoms with E-state index in [1.54, 1.807) is 7.05 Å². The van der Waals surface area contributed by atoms with E-state index in [-0.39, 0.29) is 53.5 Å². The summed E-state index contributed by atoms with van der Waals surface area (Å²) in [4.78, 5) is 36.6. The number of unbranched alkanes of at least 4 members (excludes halogenated alkanes) is 2. The first-order chi connectivity index (χ1) is 34.7. The fourth-order valence-electron chi connectivity index (χ4n) is 5.64. The maximum absolute atomic E-state index is 5.64. The van der Waals surface area contributed by atoms with Crippen molar-refractivity contribution in [3.05, 3.63) is 18.2 Å². The van der Waals surface area contributed by atoms with Gasteiger partial charge in [0.1, 0.15) is 6.10 Å². The molecule has 0 saturated carbocycles. The number of guanidine groups is 1. The monoisotopic (exact) mass is 1190 g/mol. The van der Waals surface area contributed by atoms with Crippen LogP contribution in [0.2, 0.25) is 19.1 Å². The molecule has 0 amide bonds. The number of rotatable bonds is 35. The van der Waals surface area contributed by atoms with Gasteiger partial charge in [-0.15, -0.1) is 0 Å². The average molecular weight is 1190 g/mol. The van der Waals surface area contributed by atoms with Crippen LogP contribution < -0.4 is 0 Å². The van der Waals surface area contributed by atoms with Gasteiger partial charge in [0.2, 0.25) is 0 Å². The van der Waals surface area contributed by atoms with E-state index in [2.05, 4.69) is 114 Å². The van der Waals surface area contributed by atoms with Crippen LogP contribution in [0.1, 0.15) is 188 Å². The van der Waals surface area contributed by atoms with E-state index >= 15 is 0 Å². The Morgan fingerprint density at radius 3 is 1.51 bits per heavy atom. The molecule has 0 aromatic rings. The van der Waals surface area contributed by atoms with Crippen molar-refractivity contribution >= 4 is 56.8 Å². The van der Waals surface area contributed by atoms with Crippen molar-refractivity contribution in [3.8, 4) is 0 Å². The normalized spacial score (nSPS) is 12.0. The average Bonchev–Trinajstić information content (AvgIpc) is 3.32. The molecule has 0 aliphatic heterocycles. The SMILES string of the molecule is C=COC(C)CCCCN=C([N-]C)N(C)C.CC=NCCCC(C)C.CC=NCCCC(C)C.CC=NCCCC(C)ON=C(C)C.CC=NCC[Si](C)(C)OCC.CCC=NCCOCCCCN=C(C)C.[Pr]. The van der Waals surface area contributed by atoms with Gasteiger partial charge >= 0.3 is 0 Å². The predicted molar refractivity (Wildman–Crippen MR) is 334 cm³/mol. The van der Waals surface area contributed by atoms with Gasteiger partial charge in [-0.3, -0.25) is 30.0 Å². The molecule has 0 spiro atoms. The molecule has 1 radical (unpaired) electrons. The Balaban J connectivity index is -0.000000147. The molecule has 0 heterocycles. The molecular weight excluding hydrogens is 1070 g/mol. The smallest absolute Gasteiger partial charge is 0.188 e. The van der Waals surface area contributed by atoms with E-state index in [1.807, 2.05) is 112 Å². The van der Waals surface area contributed by atoms with E-state index in [4.69, 9.17) is 18.7 Å². The van der Waals surface area contributed by atoms with E-state index < -0.39 is 8.32 Å². The summed E-state index contributed by atoms with van der Waals surface area (Å²) in [5, 5.41) is 7.99. The first-order valence-corrected chi connectivity index (χ1v) is 31.0. The summed E-state index contributed by atoms with van der Waals surface area (Å²) < 4.78 is 16.3. The van der Waals surface area contributed by atoms with Gasteiger partial charge in [-0.2, -0.15) is 0 Å². The van der Waals surface area contributed by atoms with Crippen molar-refractivity contribution in [2.75, 3.05) is 86.8 Å². The Hall–Kier alpha value is -2.20. The molecule has 0 aromatic heterocycles. The second-order valence-corrected chi connectivity index (χ2v) is 23.6. The Morgan fingerprint density at radius 1 is 0.595 bits per heavy atom. The molecule has 0 bridgehead atoms. The molecule has 2 unspecified atom stereocenters. The molecule has 0 rings (SSSR count). The number of ether oxygens (including phenoxy) is 2. The van der Waals surface area contributed by atoms with E-state index in [0.29, 0.717) is 0 Å². The molecule has 0 aromatic carbocycles. The van der Waals surface area contributed by atoms with Crippen LogP contribution in [0, 0.1) is 53.1 Å². The van der Waals surface area contributed by atoms with Crippen LogP contribution >= 0.6 is 0 Å². The third-order valence-corrected chi connectivity index (χ3v) is 12.1. The van der Waals surface area contributed by atoms with Gasteiger partial charge in [-0.1, -0.05) is 46.4 Å². The largest absolute Gasteiger partial charge is 0.499 e. The summed E-state index contributed by atoms with van der Waals surface area (Å²) in [5.41, 5.74) is 2.11. The second kappa shape index (κ2) is 70.8. The Labute approximate surface area is 494 Å². The van der Waals surface area contributed by atoms with Crippen LogP contribution in [0.5, 0.6) is 0 Å². The van der Waals surface area contributed by atoms with Crippen LogP contribution in [0.25, 0.3) is 5.32 Å². The summed E-state index contributed by atoms with van der Waals surface area (Å²) in [6, 6.07) is 1.13. The van der Waals surface area contributed by atoms with Crippen LogP contribution in [0.3, 0.4) is 0 Å². The number of nitrogens with zero attached hydrogens (tertiary/aromatic N) is 10. The Morgan fingerprint density at radius 2 is 1.08 bits per heavy atom. The maximum Gasteiger partial charge on any atom is 0.188 e. The third kappa shape index (κ3) is 92.4. The third-order valence-electron chi connectivity index (χ3n) is 9.56. The topological polar surface area (TPSA) is 153 Å². The van der Waals surface area contributed by atoms with Crippen molar-refractivity contribution in [3.63, 3.8) is 0 Å². The zero-order valence-corrected chi connectivity index (χ0v) is 57.1. The van der Waals surface area contributed by atoms with Gasteiger partial charge < -0.3 is 33.9 Å². The second-order valence-electron chi connectivity index (χ2n) is 19.3. The summed E-state index contributed by atoms with van der Waals surface area (Å²) in [5.74, 6) is 2.46. The molecule has 0 aliphatic carbocycles. The minimum atomic E-state index is -1.35.